The number of halogens is 2. The average Bonchev–Trinajstić information content (AvgIpc) is 2.67. The van der Waals surface area contributed by atoms with Gasteiger partial charge in [0.25, 0.3) is 0 Å². The minimum absolute atomic E-state index is 0.582. The van der Waals surface area contributed by atoms with Crippen LogP contribution in [0.1, 0.15) is 0 Å². The van der Waals surface area contributed by atoms with Gasteiger partial charge in [0.2, 0.25) is 0 Å². The molecule has 4 rings (SSSR count). The van der Waals surface area contributed by atoms with Gasteiger partial charge in [0.15, 0.2) is 23.1 Å². The molecule has 0 atom stereocenters. The third-order valence-electron chi connectivity index (χ3n) is 4.45. The number of ether oxygens (including phenoxy) is 3. The molecule has 27 heavy (non-hydrogen) atoms. The first kappa shape index (κ1) is 19.1. The standard InChI is InChI=1S/C18H20Br2N4O3/c19-13-9-15-17(21-11-13)24(18-16(27-15)10-14(20)12-22-18)4-8-26-7-3-23-1-5-25-6-2-23/h9-12H,1-8H2. The van der Waals surface area contributed by atoms with Crippen LogP contribution in [0, 0.1) is 0 Å². The first-order valence-corrected chi connectivity index (χ1v) is 10.4. The zero-order valence-electron chi connectivity index (χ0n) is 14.7. The second-order valence-corrected chi connectivity index (χ2v) is 8.10. The van der Waals surface area contributed by atoms with Crippen molar-refractivity contribution < 1.29 is 14.2 Å². The van der Waals surface area contributed by atoms with Crippen molar-refractivity contribution in [1.29, 1.82) is 0 Å². The predicted octanol–water partition coefficient (Wildman–Crippen LogP) is 3.59. The Morgan fingerprint density at radius 2 is 1.52 bits per heavy atom. The minimum atomic E-state index is 0.582. The van der Waals surface area contributed by atoms with Crippen LogP contribution in [0.4, 0.5) is 11.6 Å². The molecule has 4 heterocycles. The molecular formula is C18H20Br2N4O3. The summed E-state index contributed by atoms with van der Waals surface area (Å²) in [4.78, 5) is 13.4. The number of fused-ring (bicyclic) bond motifs is 2. The van der Waals surface area contributed by atoms with Crippen molar-refractivity contribution in [2.45, 2.75) is 0 Å². The van der Waals surface area contributed by atoms with E-state index in [2.05, 4.69) is 46.7 Å². The average molecular weight is 500 g/mol. The normalized spacial score (nSPS) is 16.6. The third-order valence-corrected chi connectivity index (χ3v) is 5.31. The fraction of sp³-hybridized carbons (Fsp3) is 0.444. The summed E-state index contributed by atoms with van der Waals surface area (Å²) in [5.74, 6) is 2.89. The molecule has 0 radical (unpaired) electrons. The first-order chi connectivity index (χ1) is 13.2. The maximum absolute atomic E-state index is 5.99. The highest BCUT2D eigenvalue weighted by Crippen LogP contribution is 2.45. The number of nitrogens with zero attached hydrogens (tertiary/aromatic N) is 4. The van der Waals surface area contributed by atoms with E-state index in [-0.39, 0.29) is 0 Å². The van der Waals surface area contributed by atoms with Crippen LogP contribution in [-0.4, -0.2) is 67.5 Å². The van der Waals surface area contributed by atoms with Crippen molar-refractivity contribution in [3.8, 4) is 11.5 Å². The quantitative estimate of drug-likeness (QED) is 0.563. The number of pyridine rings is 2. The fourth-order valence-electron chi connectivity index (χ4n) is 3.09. The van der Waals surface area contributed by atoms with E-state index in [1.54, 1.807) is 12.4 Å². The molecule has 0 aliphatic carbocycles. The lowest BCUT2D eigenvalue weighted by Crippen LogP contribution is -2.38. The molecule has 2 aliphatic rings. The van der Waals surface area contributed by atoms with Gasteiger partial charge in [-0.3, -0.25) is 4.90 Å². The molecule has 2 aromatic rings. The van der Waals surface area contributed by atoms with E-state index >= 15 is 0 Å². The molecule has 9 heteroatoms. The Morgan fingerprint density at radius 1 is 0.926 bits per heavy atom. The van der Waals surface area contributed by atoms with Gasteiger partial charge in [0, 0.05) is 59.7 Å². The molecule has 0 unspecified atom stereocenters. The molecule has 0 amide bonds. The summed E-state index contributed by atoms with van der Waals surface area (Å²) in [6, 6.07) is 3.83. The van der Waals surface area contributed by atoms with E-state index in [4.69, 9.17) is 14.2 Å². The van der Waals surface area contributed by atoms with Crippen LogP contribution in [0.5, 0.6) is 11.5 Å². The van der Waals surface area contributed by atoms with Crippen LogP contribution in [0.2, 0.25) is 0 Å². The fourth-order valence-corrected chi connectivity index (χ4v) is 3.71. The number of aromatic nitrogens is 2. The van der Waals surface area contributed by atoms with Crippen molar-refractivity contribution in [2.24, 2.45) is 0 Å². The maximum Gasteiger partial charge on any atom is 0.177 e. The highest BCUT2D eigenvalue weighted by atomic mass is 79.9. The highest BCUT2D eigenvalue weighted by molar-refractivity contribution is 9.10. The molecule has 2 aliphatic heterocycles. The Kier molecular flexibility index (Phi) is 6.24. The Morgan fingerprint density at radius 3 is 2.15 bits per heavy atom. The minimum Gasteiger partial charge on any atom is -0.449 e. The summed E-state index contributed by atoms with van der Waals surface area (Å²) in [7, 11) is 0. The summed E-state index contributed by atoms with van der Waals surface area (Å²) in [6.07, 6.45) is 3.52. The molecule has 2 aromatic heterocycles. The molecule has 0 saturated carbocycles. The zero-order valence-corrected chi connectivity index (χ0v) is 17.9. The van der Waals surface area contributed by atoms with Gasteiger partial charge in [-0.25, -0.2) is 9.97 Å². The van der Waals surface area contributed by atoms with E-state index in [1.165, 1.54) is 0 Å². The highest BCUT2D eigenvalue weighted by Gasteiger charge is 2.27. The third kappa shape index (κ3) is 4.60. The van der Waals surface area contributed by atoms with Gasteiger partial charge in [-0.15, -0.1) is 0 Å². The van der Waals surface area contributed by atoms with E-state index in [1.807, 2.05) is 17.0 Å². The lowest BCUT2D eigenvalue weighted by atomic mass is 10.3. The molecule has 0 N–H and O–H groups in total. The molecule has 0 aromatic carbocycles. The molecule has 1 saturated heterocycles. The van der Waals surface area contributed by atoms with E-state index < -0.39 is 0 Å². The van der Waals surface area contributed by atoms with E-state index in [0.717, 1.165) is 53.4 Å². The van der Waals surface area contributed by atoms with Crippen LogP contribution in [0.15, 0.2) is 33.5 Å². The van der Waals surface area contributed by atoms with Crippen molar-refractivity contribution >= 4 is 43.5 Å². The van der Waals surface area contributed by atoms with Crippen LogP contribution < -0.4 is 9.64 Å². The van der Waals surface area contributed by atoms with Crippen molar-refractivity contribution in [1.82, 2.24) is 14.9 Å². The Hall–Kier alpha value is -1.26. The van der Waals surface area contributed by atoms with Crippen LogP contribution in [-0.2, 0) is 9.47 Å². The summed E-state index contributed by atoms with van der Waals surface area (Å²) >= 11 is 6.90. The van der Waals surface area contributed by atoms with Gasteiger partial charge in [-0.05, 0) is 31.9 Å². The number of hydrogen-bond donors (Lipinski definition) is 0. The molecule has 1 fully saturated rings. The first-order valence-electron chi connectivity index (χ1n) is 8.85. The summed E-state index contributed by atoms with van der Waals surface area (Å²) in [5.41, 5.74) is 0. The maximum atomic E-state index is 5.99. The Balaban J connectivity index is 1.41. The van der Waals surface area contributed by atoms with Crippen LogP contribution in [0.3, 0.4) is 0 Å². The summed E-state index contributed by atoms with van der Waals surface area (Å²) < 4.78 is 19.0. The second kappa shape index (κ2) is 8.83. The molecule has 0 bridgehead atoms. The van der Waals surface area contributed by atoms with Crippen LogP contribution >= 0.6 is 31.9 Å². The summed E-state index contributed by atoms with van der Waals surface area (Å²) in [5, 5.41) is 0. The number of anilines is 2. The van der Waals surface area contributed by atoms with E-state index in [9.17, 15) is 0 Å². The van der Waals surface area contributed by atoms with Gasteiger partial charge in [0.1, 0.15) is 0 Å². The van der Waals surface area contributed by atoms with Crippen LogP contribution in [0.25, 0.3) is 0 Å². The lowest BCUT2D eigenvalue weighted by molar-refractivity contribution is 0.0213. The zero-order chi connectivity index (χ0) is 18.6. The van der Waals surface area contributed by atoms with Crippen molar-refractivity contribution in [3.63, 3.8) is 0 Å². The van der Waals surface area contributed by atoms with Gasteiger partial charge < -0.3 is 19.1 Å². The van der Waals surface area contributed by atoms with Crippen molar-refractivity contribution in [2.75, 3.05) is 57.5 Å². The lowest BCUT2D eigenvalue weighted by Gasteiger charge is -2.30. The van der Waals surface area contributed by atoms with Gasteiger partial charge >= 0.3 is 0 Å². The Labute approximate surface area is 174 Å². The Bertz CT molecular complexity index is 751. The van der Waals surface area contributed by atoms with Gasteiger partial charge in [0.05, 0.1) is 26.4 Å². The SMILES string of the molecule is Brc1cnc2c(c1)Oc1cc(Br)cnc1N2CCOCCN1CCOCC1. The number of rotatable bonds is 6. The second-order valence-electron chi connectivity index (χ2n) is 6.27. The van der Waals surface area contributed by atoms with Gasteiger partial charge in [-0.1, -0.05) is 0 Å². The number of hydrogen-bond acceptors (Lipinski definition) is 7. The topological polar surface area (TPSA) is 60.0 Å². The largest absolute Gasteiger partial charge is 0.449 e. The predicted molar refractivity (Wildman–Crippen MR) is 109 cm³/mol. The smallest absolute Gasteiger partial charge is 0.177 e. The molecule has 144 valence electrons. The van der Waals surface area contributed by atoms with Gasteiger partial charge in [-0.2, -0.15) is 0 Å². The number of morpholine rings is 1. The monoisotopic (exact) mass is 498 g/mol. The molecule has 7 nitrogen and oxygen atoms in total. The molecular weight excluding hydrogens is 480 g/mol. The molecule has 0 spiro atoms. The van der Waals surface area contributed by atoms with E-state index in [0.29, 0.717) is 31.3 Å². The summed E-state index contributed by atoms with van der Waals surface area (Å²) in [6.45, 7) is 6.43. The van der Waals surface area contributed by atoms with Crippen molar-refractivity contribution in [3.05, 3.63) is 33.5 Å².